The van der Waals surface area contributed by atoms with Crippen LogP contribution in [0.3, 0.4) is 0 Å². The minimum atomic E-state index is -0.00960. The van der Waals surface area contributed by atoms with Gasteiger partial charge in [-0.2, -0.15) is 0 Å². The number of ether oxygens (including phenoxy) is 1. The molecule has 1 amide bonds. The number of aromatic nitrogens is 1. The standard InChI is InChI=1S/C16H20N2O3/c1-11-4-2-6-13-15(11)18-14(21-13)7-8-17-16(19)12-5-3-9-20-10-12/h2,4,6,12H,3,5,7-10H2,1H3,(H,17,19)/t12-/m1/s1. The number of hydrogen-bond acceptors (Lipinski definition) is 4. The topological polar surface area (TPSA) is 64.4 Å². The first-order valence-electron chi connectivity index (χ1n) is 7.44. The highest BCUT2D eigenvalue weighted by molar-refractivity contribution is 5.79. The van der Waals surface area contributed by atoms with Crippen molar-refractivity contribution in [3.8, 4) is 0 Å². The number of carbonyl (C=O) groups is 1. The third-order valence-corrected chi connectivity index (χ3v) is 3.83. The number of fused-ring (bicyclic) bond motifs is 1. The van der Waals surface area contributed by atoms with Gasteiger partial charge in [-0.25, -0.2) is 4.98 Å². The van der Waals surface area contributed by atoms with Gasteiger partial charge in [0.15, 0.2) is 11.5 Å². The van der Waals surface area contributed by atoms with Crippen LogP contribution in [-0.2, 0) is 16.0 Å². The SMILES string of the molecule is Cc1cccc2oc(CCNC(=O)[C@@H]3CCCOC3)nc12. The molecule has 0 unspecified atom stereocenters. The summed E-state index contributed by atoms with van der Waals surface area (Å²) in [4.78, 5) is 16.5. The smallest absolute Gasteiger partial charge is 0.225 e. The molecule has 112 valence electrons. The van der Waals surface area contributed by atoms with Crippen LogP contribution in [0.2, 0.25) is 0 Å². The molecule has 0 spiro atoms. The molecule has 1 fully saturated rings. The zero-order chi connectivity index (χ0) is 14.7. The Balaban J connectivity index is 1.54. The largest absolute Gasteiger partial charge is 0.441 e. The molecule has 1 N–H and O–H groups in total. The summed E-state index contributed by atoms with van der Waals surface area (Å²) in [6.07, 6.45) is 2.48. The van der Waals surface area contributed by atoms with Crippen LogP contribution in [0, 0.1) is 12.8 Å². The fourth-order valence-corrected chi connectivity index (χ4v) is 2.62. The summed E-state index contributed by atoms with van der Waals surface area (Å²) < 4.78 is 11.0. The van der Waals surface area contributed by atoms with E-state index in [-0.39, 0.29) is 11.8 Å². The number of para-hydroxylation sites is 1. The van der Waals surface area contributed by atoms with Gasteiger partial charge >= 0.3 is 0 Å². The minimum absolute atomic E-state index is 0.00960. The van der Waals surface area contributed by atoms with Crippen LogP contribution in [-0.4, -0.2) is 30.6 Å². The number of oxazole rings is 1. The molecule has 0 saturated carbocycles. The highest BCUT2D eigenvalue weighted by Crippen LogP contribution is 2.19. The Bertz CT molecular complexity index is 629. The summed E-state index contributed by atoms with van der Waals surface area (Å²) in [5.74, 6) is 0.728. The number of nitrogens with zero attached hydrogens (tertiary/aromatic N) is 1. The highest BCUT2D eigenvalue weighted by atomic mass is 16.5. The Morgan fingerprint density at radius 1 is 1.48 bits per heavy atom. The maximum absolute atomic E-state index is 12.0. The normalized spacial score (nSPS) is 18.8. The number of benzene rings is 1. The molecule has 3 rings (SSSR count). The van der Waals surface area contributed by atoms with Gasteiger partial charge in [0.05, 0.1) is 12.5 Å². The first-order chi connectivity index (χ1) is 10.2. The van der Waals surface area contributed by atoms with Crippen LogP contribution in [0.4, 0.5) is 0 Å². The number of rotatable bonds is 4. The number of nitrogens with one attached hydrogen (secondary N) is 1. The summed E-state index contributed by atoms with van der Waals surface area (Å²) in [5, 5.41) is 2.94. The molecule has 1 aromatic carbocycles. The third-order valence-electron chi connectivity index (χ3n) is 3.83. The predicted octanol–water partition coefficient (Wildman–Crippen LogP) is 2.22. The van der Waals surface area contributed by atoms with Crippen molar-refractivity contribution in [3.05, 3.63) is 29.7 Å². The van der Waals surface area contributed by atoms with Crippen LogP contribution in [0.1, 0.15) is 24.3 Å². The van der Waals surface area contributed by atoms with E-state index in [9.17, 15) is 4.79 Å². The summed E-state index contributed by atoms with van der Waals surface area (Å²) >= 11 is 0. The number of hydrogen-bond donors (Lipinski definition) is 1. The van der Waals surface area contributed by atoms with Crippen molar-refractivity contribution >= 4 is 17.0 Å². The average Bonchev–Trinajstić information content (AvgIpc) is 2.92. The highest BCUT2D eigenvalue weighted by Gasteiger charge is 2.21. The van der Waals surface area contributed by atoms with Crippen molar-refractivity contribution in [2.45, 2.75) is 26.2 Å². The molecular weight excluding hydrogens is 268 g/mol. The number of aryl methyl sites for hydroxylation is 1. The zero-order valence-corrected chi connectivity index (χ0v) is 12.2. The number of amides is 1. The maximum atomic E-state index is 12.0. The molecule has 1 aliphatic rings. The molecule has 1 saturated heterocycles. The van der Waals surface area contributed by atoms with Gasteiger partial charge in [-0.05, 0) is 31.4 Å². The van der Waals surface area contributed by atoms with E-state index >= 15 is 0 Å². The Morgan fingerprint density at radius 2 is 2.38 bits per heavy atom. The van der Waals surface area contributed by atoms with E-state index in [4.69, 9.17) is 9.15 Å². The molecule has 21 heavy (non-hydrogen) atoms. The van der Waals surface area contributed by atoms with Crippen LogP contribution >= 0.6 is 0 Å². The fraction of sp³-hybridized carbons (Fsp3) is 0.500. The van der Waals surface area contributed by atoms with Crippen molar-refractivity contribution < 1.29 is 13.9 Å². The maximum Gasteiger partial charge on any atom is 0.225 e. The molecule has 2 aromatic rings. The second-order valence-corrected chi connectivity index (χ2v) is 5.48. The van der Waals surface area contributed by atoms with Gasteiger partial charge in [-0.3, -0.25) is 4.79 Å². The van der Waals surface area contributed by atoms with Gasteiger partial charge < -0.3 is 14.5 Å². The van der Waals surface area contributed by atoms with E-state index in [1.807, 2.05) is 25.1 Å². The Hall–Kier alpha value is -1.88. The Labute approximate surface area is 123 Å². The summed E-state index contributed by atoms with van der Waals surface area (Å²) in [6.45, 7) is 3.86. The van der Waals surface area contributed by atoms with E-state index in [0.717, 1.165) is 36.1 Å². The predicted molar refractivity (Wildman–Crippen MR) is 79.0 cm³/mol. The van der Waals surface area contributed by atoms with E-state index in [1.54, 1.807) is 0 Å². The molecule has 2 heterocycles. The lowest BCUT2D eigenvalue weighted by Crippen LogP contribution is -2.36. The third kappa shape index (κ3) is 3.24. The van der Waals surface area contributed by atoms with Gasteiger partial charge in [-0.1, -0.05) is 12.1 Å². The molecule has 1 aliphatic heterocycles. The van der Waals surface area contributed by atoms with Crippen molar-refractivity contribution in [1.29, 1.82) is 0 Å². The van der Waals surface area contributed by atoms with Crippen molar-refractivity contribution in [2.24, 2.45) is 5.92 Å². The lowest BCUT2D eigenvalue weighted by atomic mass is 10.0. The van der Waals surface area contributed by atoms with Crippen molar-refractivity contribution in [3.63, 3.8) is 0 Å². The molecule has 5 nitrogen and oxygen atoms in total. The van der Waals surface area contributed by atoms with Crippen LogP contribution in [0.15, 0.2) is 22.6 Å². The lowest BCUT2D eigenvalue weighted by molar-refractivity contribution is -0.128. The first-order valence-corrected chi connectivity index (χ1v) is 7.44. The van der Waals surface area contributed by atoms with Crippen LogP contribution in [0.5, 0.6) is 0 Å². The molecule has 0 radical (unpaired) electrons. The van der Waals surface area contributed by atoms with Crippen molar-refractivity contribution in [1.82, 2.24) is 10.3 Å². The minimum Gasteiger partial charge on any atom is -0.441 e. The summed E-state index contributed by atoms with van der Waals surface area (Å²) in [5.41, 5.74) is 2.81. The molecule has 5 heteroatoms. The molecule has 1 atom stereocenters. The monoisotopic (exact) mass is 288 g/mol. The lowest BCUT2D eigenvalue weighted by Gasteiger charge is -2.20. The summed E-state index contributed by atoms with van der Waals surface area (Å²) in [6, 6.07) is 5.88. The first kappa shape index (κ1) is 14.1. The van der Waals surface area contributed by atoms with E-state index in [1.165, 1.54) is 0 Å². The van der Waals surface area contributed by atoms with E-state index < -0.39 is 0 Å². The molecule has 0 aliphatic carbocycles. The average molecular weight is 288 g/mol. The Kier molecular flexibility index (Phi) is 4.20. The van der Waals surface area contributed by atoms with Crippen molar-refractivity contribution in [2.75, 3.05) is 19.8 Å². The van der Waals surface area contributed by atoms with E-state index in [0.29, 0.717) is 25.5 Å². The summed E-state index contributed by atoms with van der Waals surface area (Å²) in [7, 11) is 0. The van der Waals surface area contributed by atoms with Gasteiger partial charge in [0, 0.05) is 19.6 Å². The fourth-order valence-electron chi connectivity index (χ4n) is 2.62. The van der Waals surface area contributed by atoms with Gasteiger partial charge in [0.25, 0.3) is 0 Å². The van der Waals surface area contributed by atoms with Gasteiger partial charge in [0.1, 0.15) is 5.52 Å². The molecule has 0 bridgehead atoms. The Morgan fingerprint density at radius 3 is 3.14 bits per heavy atom. The van der Waals surface area contributed by atoms with Gasteiger partial charge in [0.2, 0.25) is 5.91 Å². The molecular formula is C16H20N2O3. The second-order valence-electron chi connectivity index (χ2n) is 5.48. The molecule has 1 aromatic heterocycles. The van der Waals surface area contributed by atoms with E-state index in [2.05, 4.69) is 10.3 Å². The van der Waals surface area contributed by atoms with Crippen LogP contribution in [0.25, 0.3) is 11.1 Å². The second kappa shape index (κ2) is 6.26. The quantitative estimate of drug-likeness (QED) is 0.937. The number of carbonyl (C=O) groups excluding carboxylic acids is 1. The van der Waals surface area contributed by atoms with Gasteiger partial charge in [-0.15, -0.1) is 0 Å². The zero-order valence-electron chi connectivity index (χ0n) is 12.2. The van der Waals surface area contributed by atoms with Crippen LogP contribution < -0.4 is 5.32 Å².